The van der Waals surface area contributed by atoms with Gasteiger partial charge in [-0.2, -0.15) is 0 Å². The number of carboxylic acids is 1. The average Bonchev–Trinajstić information content (AvgIpc) is 2.63. The van der Waals surface area contributed by atoms with Gasteiger partial charge in [0.2, 0.25) is 0 Å². The maximum absolute atomic E-state index is 12.6. The summed E-state index contributed by atoms with van der Waals surface area (Å²) in [7, 11) is 0. The number of rotatable bonds is 7. The van der Waals surface area contributed by atoms with Crippen molar-refractivity contribution in [3.05, 3.63) is 48.2 Å². The molecule has 1 aromatic carbocycles. The van der Waals surface area contributed by atoms with Gasteiger partial charge in [-0.3, -0.25) is 19.5 Å². The fourth-order valence-corrected chi connectivity index (χ4v) is 3.44. The van der Waals surface area contributed by atoms with E-state index in [0.29, 0.717) is 23.5 Å². The normalized spacial score (nSPS) is 18.7. The molecule has 2 aromatic rings. The van der Waals surface area contributed by atoms with Crippen molar-refractivity contribution < 1.29 is 14.7 Å². The highest BCUT2D eigenvalue weighted by molar-refractivity contribution is 6.01. The molecule has 7 heteroatoms. The summed E-state index contributed by atoms with van der Waals surface area (Å²) in [6, 6.07) is 11.3. The van der Waals surface area contributed by atoms with Gasteiger partial charge in [-0.1, -0.05) is 37.3 Å². The highest BCUT2D eigenvalue weighted by Crippen LogP contribution is 2.28. The van der Waals surface area contributed by atoms with Crippen molar-refractivity contribution in [2.45, 2.75) is 31.8 Å². The van der Waals surface area contributed by atoms with Gasteiger partial charge in [-0.15, -0.1) is 0 Å². The molecule has 1 fully saturated rings. The van der Waals surface area contributed by atoms with Gasteiger partial charge in [0.25, 0.3) is 5.91 Å². The Morgan fingerprint density at radius 3 is 2.59 bits per heavy atom. The molecule has 0 bridgehead atoms. The number of amides is 1. The summed E-state index contributed by atoms with van der Waals surface area (Å²) in [4.78, 5) is 29.8. The molecular weight excluding hydrogens is 344 g/mol. The summed E-state index contributed by atoms with van der Waals surface area (Å²) >= 11 is 0. The Hall–Kier alpha value is -2.93. The topological polar surface area (TPSA) is 109 Å². The summed E-state index contributed by atoms with van der Waals surface area (Å²) < 4.78 is 0. The second-order valence-electron chi connectivity index (χ2n) is 6.74. The summed E-state index contributed by atoms with van der Waals surface area (Å²) in [5.41, 5.74) is 8.43. The van der Waals surface area contributed by atoms with E-state index in [1.807, 2.05) is 42.2 Å². The number of pyridine rings is 1. The Morgan fingerprint density at radius 1 is 1.26 bits per heavy atom. The number of nitrogens with one attached hydrogen (secondary N) is 1. The van der Waals surface area contributed by atoms with Crippen LogP contribution in [0.4, 0.5) is 5.69 Å². The van der Waals surface area contributed by atoms with Crippen molar-refractivity contribution in [1.29, 1.82) is 0 Å². The molecule has 0 atom stereocenters. The monoisotopic (exact) mass is 368 g/mol. The molecule has 1 aliphatic carbocycles. The van der Waals surface area contributed by atoms with Gasteiger partial charge in [0.15, 0.2) is 0 Å². The number of nitrogen functional groups attached to an aromatic ring is 1. The minimum absolute atomic E-state index is 0.0260. The molecule has 142 valence electrons. The van der Waals surface area contributed by atoms with Crippen LogP contribution in [0, 0.1) is 0 Å². The fraction of sp³-hybridized carbons (Fsp3) is 0.350. The number of carboxylic acid groups (broad SMARTS) is 1. The second kappa shape index (κ2) is 8.18. The highest BCUT2D eigenvalue weighted by Gasteiger charge is 2.35. The number of benzene rings is 1. The number of anilines is 1. The van der Waals surface area contributed by atoms with Gasteiger partial charge in [0, 0.05) is 23.8 Å². The van der Waals surface area contributed by atoms with Crippen LogP contribution in [0.15, 0.2) is 42.6 Å². The number of hydrogen-bond donors (Lipinski definition) is 3. The minimum Gasteiger partial charge on any atom is -0.480 e. The van der Waals surface area contributed by atoms with Crippen molar-refractivity contribution in [1.82, 2.24) is 15.2 Å². The molecule has 0 unspecified atom stereocenters. The Morgan fingerprint density at radius 2 is 1.96 bits per heavy atom. The van der Waals surface area contributed by atoms with E-state index in [1.54, 1.807) is 12.3 Å². The summed E-state index contributed by atoms with van der Waals surface area (Å²) in [6.07, 6.45) is 3.07. The van der Waals surface area contributed by atoms with E-state index < -0.39 is 5.97 Å². The third kappa shape index (κ3) is 4.25. The van der Waals surface area contributed by atoms with Crippen LogP contribution < -0.4 is 11.1 Å². The average molecular weight is 368 g/mol. The first-order valence-electron chi connectivity index (χ1n) is 9.06. The molecule has 0 saturated heterocycles. The summed E-state index contributed by atoms with van der Waals surface area (Å²) in [5, 5.41) is 12.0. The van der Waals surface area contributed by atoms with Gasteiger partial charge < -0.3 is 16.2 Å². The Kier molecular flexibility index (Phi) is 5.71. The van der Waals surface area contributed by atoms with Crippen molar-refractivity contribution in [3.63, 3.8) is 0 Å². The molecule has 1 saturated carbocycles. The van der Waals surface area contributed by atoms with E-state index in [9.17, 15) is 9.59 Å². The molecular formula is C20H24N4O3. The predicted molar refractivity (Wildman–Crippen MR) is 103 cm³/mol. The van der Waals surface area contributed by atoms with E-state index in [4.69, 9.17) is 10.8 Å². The first-order chi connectivity index (χ1) is 13.0. The third-order valence-electron chi connectivity index (χ3n) is 4.99. The third-order valence-corrected chi connectivity index (χ3v) is 4.99. The maximum Gasteiger partial charge on any atom is 0.317 e. The summed E-state index contributed by atoms with van der Waals surface area (Å²) in [5.74, 6) is -1.06. The van der Waals surface area contributed by atoms with Crippen LogP contribution in [0.25, 0.3) is 11.3 Å². The minimum atomic E-state index is -0.831. The van der Waals surface area contributed by atoms with Crippen molar-refractivity contribution >= 4 is 17.6 Å². The van der Waals surface area contributed by atoms with Gasteiger partial charge >= 0.3 is 5.97 Å². The van der Waals surface area contributed by atoms with Crippen LogP contribution in [-0.4, -0.2) is 52.0 Å². The molecule has 1 heterocycles. The molecule has 27 heavy (non-hydrogen) atoms. The van der Waals surface area contributed by atoms with Gasteiger partial charge in [0.1, 0.15) is 0 Å². The zero-order valence-electron chi connectivity index (χ0n) is 15.3. The SMILES string of the molecule is CCN(CC(=O)O)C1CC(NC(=O)c2ccnc(-c3ccccc3)c2N)C1. The highest BCUT2D eigenvalue weighted by atomic mass is 16.4. The van der Waals surface area contributed by atoms with E-state index >= 15 is 0 Å². The second-order valence-corrected chi connectivity index (χ2v) is 6.74. The van der Waals surface area contributed by atoms with Crippen LogP contribution in [0.5, 0.6) is 0 Å². The van der Waals surface area contributed by atoms with Crippen molar-refractivity contribution in [2.75, 3.05) is 18.8 Å². The molecule has 1 aromatic heterocycles. The lowest BCUT2D eigenvalue weighted by molar-refractivity contribution is -0.139. The van der Waals surface area contributed by atoms with Gasteiger partial charge in [-0.05, 0) is 25.5 Å². The number of nitrogens with zero attached hydrogens (tertiary/aromatic N) is 2. The zero-order valence-corrected chi connectivity index (χ0v) is 15.3. The van der Waals surface area contributed by atoms with Gasteiger partial charge in [-0.25, -0.2) is 0 Å². The standard InChI is InChI=1S/C20H24N4O3/c1-2-24(12-17(25)26)15-10-14(11-15)23-20(27)16-8-9-22-19(18(16)21)13-6-4-3-5-7-13/h3-9,14-15H,2,10-12,21H2,1H3,(H,23,27)(H,25,26). The molecule has 4 N–H and O–H groups in total. The molecule has 3 rings (SSSR count). The Labute approximate surface area is 158 Å². The lowest BCUT2D eigenvalue weighted by Crippen LogP contribution is -2.54. The first-order valence-corrected chi connectivity index (χ1v) is 9.06. The van der Waals surface area contributed by atoms with Crippen LogP contribution in [0.2, 0.25) is 0 Å². The molecule has 7 nitrogen and oxygen atoms in total. The van der Waals surface area contributed by atoms with Gasteiger partial charge in [0.05, 0.1) is 23.5 Å². The zero-order chi connectivity index (χ0) is 19.4. The fourth-order valence-electron chi connectivity index (χ4n) is 3.44. The lowest BCUT2D eigenvalue weighted by Gasteiger charge is -2.42. The number of hydrogen-bond acceptors (Lipinski definition) is 5. The number of nitrogens with two attached hydrogens (primary N) is 1. The number of carbonyl (C=O) groups excluding carboxylic acids is 1. The molecule has 0 radical (unpaired) electrons. The first kappa shape index (κ1) is 18.8. The van der Waals surface area contributed by atoms with E-state index in [2.05, 4.69) is 10.3 Å². The smallest absolute Gasteiger partial charge is 0.317 e. The number of aliphatic carboxylic acids is 1. The number of likely N-dealkylation sites (N-methyl/N-ethyl adjacent to an activating group) is 1. The van der Waals surface area contributed by atoms with Crippen LogP contribution >= 0.6 is 0 Å². The van der Waals surface area contributed by atoms with E-state index in [0.717, 1.165) is 18.4 Å². The van der Waals surface area contributed by atoms with Crippen LogP contribution in [-0.2, 0) is 4.79 Å². The number of carbonyl (C=O) groups is 2. The summed E-state index contributed by atoms with van der Waals surface area (Å²) in [6.45, 7) is 2.65. The Bertz CT molecular complexity index is 819. The largest absolute Gasteiger partial charge is 0.480 e. The van der Waals surface area contributed by atoms with E-state index in [-0.39, 0.29) is 24.5 Å². The van der Waals surface area contributed by atoms with Crippen LogP contribution in [0.1, 0.15) is 30.1 Å². The maximum atomic E-state index is 12.6. The number of aromatic nitrogens is 1. The lowest BCUT2D eigenvalue weighted by atomic mass is 9.85. The van der Waals surface area contributed by atoms with E-state index in [1.165, 1.54) is 0 Å². The molecule has 1 aliphatic rings. The Balaban J connectivity index is 1.64. The molecule has 0 spiro atoms. The van der Waals surface area contributed by atoms with Crippen molar-refractivity contribution in [2.24, 2.45) is 0 Å². The van der Waals surface area contributed by atoms with Crippen LogP contribution in [0.3, 0.4) is 0 Å². The predicted octanol–water partition coefficient (Wildman–Crippen LogP) is 2.00. The molecule has 1 amide bonds. The quantitative estimate of drug-likeness (QED) is 0.690. The van der Waals surface area contributed by atoms with Crippen molar-refractivity contribution in [3.8, 4) is 11.3 Å². The molecule has 0 aliphatic heterocycles.